The average Bonchev–Trinajstić information content (AvgIpc) is 2.44. The molecule has 0 atom stereocenters. The van der Waals surface area contributed by atoms with E-state index in [0.29, 0.717) is 24.4 Å². The molecular weight excluding hydrogens is 261 g/mol. The van der Waals surface area contributed by atoms with E-state index in [-0.39, 0.29) is 24.4 Å². The van der Waals surface area contributed by atoms with Gasteiger partial charge in [-0.2, -0.15) is 0 Å². The van der Waals surface area contributed by atoms with Crippen LogP contribution >= 0.6 is 0 Å². The van der Waals surface area contributed by atoms with E-state index < -0.39 is 0 Å². The molecule has 4 nitrogen and oxygen atoms in total. The van der Waals surface area contributed by atoms with Crippen LogP contribution in [0.3, 0.4) is 0 Å². The van der Waals surface area contributed by atoms with Gasteiger partial charge in [-0.1, -0.05) is 6.07 Å². The summed E-state index contributed by atoms with van der Waals surface area (Å²) in [5.74, 6) is 0.303. The van der Waals surface area contributed by atoms with Gasteiger partial charge in [-0.25, -0.2) is 4.39 Å². The zero-order valence-corrected chi connectivity index (χ0v) is 11.9. The maximum absolute atomic E-state index is 13.4. The van der Waals surface area contributed by atoms with Gasteiger partial charge in [0.25, 0.3) is 0 Å². The zero-order chi connectivity index (χ0) is 14.5. The molecule has 1 fully saturated rings. The number of methoxy groups -OCH3 is 1. The Morgan fingerprint density at radius 3 is 2.70 bits per heavy atom. The minimum Gasteiger partial charge on any atom is -0.490 e. The van der Waals surface area contributed by atoms with E-state index in [1.54, 1.807) is 24.0 Å². The van der Waals surface area contributed by atoms with Crippen LogP contribution in [0.15, 0.2) is 18.2 Å². The highest BCUT2D eigenvalue weighted by Gasteiger charge is 2.23. The Bertz CT molecular complexity index is 470. The first-order chi connectivity index (χ1) is 9.60. The van der Waals surface area contributed by atoms with Gasteiger partial charge in [0.2, 0.25) is 5.91 Å². The summed E-state index contributed by atoms with van der Waals surface area (Å²) in [7, 11) is 1.51. The molecule has 0 aliphatic carbocycles. The van der Waals surface area contributed by atoms with Crippen LogP contribution in [0.4, 0.5) is 4.39 Å². The van der Waals surface area contributed by atoms with Crippen LogP contribution < -0.4 is 4.74 Å². The SMILES string of the molecule is COCC(=O)N1CCC(Oc2ccc(C)c(F)c2)CC1. The summed E-state index contributed by atoms with van der Waals surface area (Å²) in [6.45, 7) is 3.15. The number of piperidine rings is 1. The molecule has 20 heavy (non-hydrogen) atoms. The fourth-order valence-corrected chi connectivity index (χ4v) is 2.28. The number of hydrogen-bond donors (Lipinski definition) is 0. The summed E-state index contributed by atoms with van der Waals surface area (Å²) in [4.78, 5) is 13.4. The largest absolute Gasteiger partial charge is 0.490 e. The van der Waals surface area contributed by atoms with Gasteiger partial charge in [0.05, 0.1) is 0 Å². The van der Waals surface area contributed by atoms with E-state index in [1.807, 2.05) is 0 Å². The van der Waals surface area contributed by atoms with Crippen molar-refractivity contribution in [3.05, 3.63) is 29.6 Å². The predicted octanol–water partition coefficient (Wildman–Crippen LogP) is 2.15. The maximum atomic E-state index is 13.4. The molecule has 0 unspecified atom stereocenters. The van der Waals surface area contributed by atoms with Crippen LogP contribution in [0, 0.1) is 12.7 Å². The van der Waals surface area contributed by atoms with Crippen molar-refractivity contribution in [3.8, 4) is 5.75 Å². The highest BCUT2D eigenvalue weighted by atomic mass is 19.1. The average molecular weight is 281 g/mol. The molecule has 0 aromatic heterocycles. The second-order valence-corrected chi connectivity index (χ2v) is 5.04. The van der Waals surface area contributed by atoms with Crippen molar-refractivity contribution < 1.29 is 18.7 Å². The predicted molar refractivity (Wildman–Crippen MR) is 73.2 cm³/mol. The molecule has 0 N–H and O–H groups in total. The van der Waals surface area contributed by atoms with Gasteiger partial charge in [-0.05, 0) is 18.6 Å². The van der Waals surface area contributed by atoms with Crippen molar-refractivity contribution >= 4 is 5.91 Å². The van der Waals surface area contributed by atoms with Gasteiger partial charge in [0, 0.05) is 39.1 Å². The number of carbonyl (C=O) groups is 1. The number of aryl methyl sites for hydroxylation is 1. The molecule has 110 valence electrons. The minimum absolute atomic E-state index is 0.00679. The van der Waals surface area contributed by atoms with Crippen LogP contribution in [0.5, 0.6) is 5.75 Å². The number of ether oxygens (including phenoxy) is 2. The topological polar surface area (TPSA) is 38.8 Å². The first-order valence-electron chi connectivity index (χ1n) is 6.79. The van der Waals surface area contributed by atoms with Crippen molar-refractivity contribution in [2.45, 2.75) is 25.9 Å². The number of amides is 1. The van der Waals surface area contributed by atoms with Crippen LogP contribution in [-0.4, -0.2) is 43.7 Å². The molecule has 0 spiro atoms. The lowest BCUT2D eigenvalue weighted by Crippen LogP contribution is -2.43. The van der Waals surface area contributed by atoms with Crippen molar-refractivity contribution in [1.82, 2.24) is 4.90 Å². The summed E-state index contributed by atoms with van der Waals surface area (Å²) in [5.41, 5.74) is 0.609. The van der Waals surface area contributed by atoms with Gasteiger partial charge in [-0.15, -0.1) is 0 Å². The van der Waals surface area contributed by atoms with Crippen LogP contribution in [0.1, 0.15) is 18.4 Å². The fourth-order valence-electron chi connectivity index (χ4n) is 2.28. The molecule has 1 aliphatic rings. The van der Waals surface area contributed by atoms with E-state index in [0.717, 1.165) is 12.8 Å². The van der Waals surface area contributed by atoms with Crippen LogP contribution in [0.25, 0.3) is 0 Å². The van der Waals surface area contributed by atoms with Crippen molar-refractivity contribution in [3.63, 3.8) is 0 Å². The number of likely N-dealkylation sites (tertiary alicyclic amines) is 1. The Morgan fingerprint density at radius 1 is 1.40 bits per heavy atom. The number of hydrogen-bond acceptors (Lipinski definition) is 3. The van der Waals surface area contributed by atoms with Crippen LogP contribution in [-0.2, 0) is 9.53 Å². The highest BCUT2D eigenvalue weighted by molar-refractivity contribution is 5.77. The van der Waals surface area contributed by atoms with E-state index in [9.17, 15) is 9.18 Å². The molecule has 2 rings (SSSR count). The number of halogens is 1. The van der Waals surface area contributed by atoms with Crippen molar-refractivity contribution in [1.29, 1.82) is 0 Å². The number of nitrogens with zero attached hydrogens (tertiary/aromatic N) is 1. The maximum Gasteiger partial charge on any atom is 0.248 e. The fraction of sp³-hybridized carbons (Fsp3) is 0.533. The van der Waals surface area contributed by atoms with E-state index in [4.69, 9.17) is 9.47 Å². The molecule has 0 bridgehead atoms. The summed E-state index contributed by atoms with van der Waals surface area (Å²) >= 11 is 0. The van der Waals surface area contributed by atoms with Crippen LogP contribution in [0.2, 0.25) is 0 Å². The molecule has 1 heterocycles. The Kier molecular flexibility index (Phi) is 4.95. The molecule has 0 radical (unpaired) electrons. The van der Waals surface area contributed by atoms with Crippen molar-refractivity contribution in [2.75, 3.05) is 26.8 Å². The normalized spacial score (nSPS) is 16.2. The molecule has 1 aliphatic heterocycles. The second-order valence-electron chi connectivity index (χ2n) is 5.04. The Labute approximate surface area is 118 Å². The highest BCUT2D eigenvalue weighted by Crippen LogP contribution is 2.21. The van der Waals surface area contributed by atoms with Gasteiger partial charge >= 0.3 is 0 Å². The van der Waals surface area contributed by atoms with Crippen molar-refractivity contribution in [2.24, 2.45) is 0 Å². The van der Waals surface area contributed by atoms with E-state index >= 15 is 0 Å². The molecule has 0 saturated carbocycles. The first kappa shape index (κ1) is 14.8. The lowest BCUT2D eigenvalue weighted by molar-refractivity contribution is -0.136. The lowest BCUT2D eigenvalue weighted by Gasteiger charge is -2.32. The molecule has 1 saturated heterocycles. The second kappa shape index (κ2) is 6.70. The lowest BCUT2D eigenvalue weighted by atomic mass is 10.1. The third kappa shape index (κ3) is 3.70. The summed E-state index contributed by atoms with van der Waals surface area (Å²) in [5, 5.41) is 0. The molecule has 1 amide bonds. The van der Waals surface area contributed by atoms with E-state index in [1.165, 1.54) is 13.2 Å². The molecule has 1 aromatic carbocycles. The summed E-state index contributed by atoms with van der Waals surface area (Å²) in [6, 6.07) is 4.90. The number of benzene rings is 1. The summed E-state index contributed by atoms with van der Waals surface area (Å²) < 4.78 is 24.0. The monoisotopic (exact) mass is 281 g/mol. The first-order valence-corrected chi connectivity index (χ1v) is 6.79. The van der Waals surface area contributed by atoms with Gasteiger partial charge in [-0.3, -0.25) is 4.79 Å². The third-order valence-corrected chi connectivity index (χ3v) is 3.51. The Hall–Kier alpha value is -1.62. The Morgan fingerprint density at radius 2 is 2.10 bits per heavy atom. The minimum atomic E-state index is -0.254. The number of rotatable bonds is 4. The smallest absolute Gasteiger partial charge is 0.248 e. The standard InChI is InChI=1S/C15H20FNO3/c1-11-3-4-13(9-14(11)16)20-12-5-7-17(8-6-12)15(18)10-19-2/h3-4,9,12H,5-8,10H2,1-2H3. The zero-order valence-electron chi connectivity index (χ0n) is 11.9. The number of carbonyl (C=O) groups excluding carboxylic acids is 1. The van der Waals surface area contributed by atoms with E-state index in [2.05, 4.69) is 0 Å². The molecule has 5 heteroatoms. The Balaban J connectivity index is 1.85. The molecular formula is C15H20FNO3. The van der Waals surface area contributed by atoms with Gasteiger partial charge < -0.3 is 14.4 Å². The van der Waals surface area contributed by atoms with Gasteiger partial charge in [0.15, 0.2) is 0 Å². The quantitative estimate of drug-likeness (QED) is 0.849. The van der Waals surface area contributed by atoms with Gasteiger partial charge in [0.1, 0.15) is 24.3 Å². The summed E-state index contributed by atoms with van der Waals surface area (Å²) in [6.07, 6.45) is 1.54. The molecule has 1 aromatic rings. The third-order valence-electron chi connectivity index (χ3n) is 3.51.